The highest BCUT2D eigenvalue weighted by Gasteiger charge is 2.44. The number of morpholine rings is 1. The molecule has 2 amide bonds. The molecule has 0 bridgehead atoms. The molecule has 0 saturated carbocycles. The molecule has 9 nitrogen and oxygen atoms in total. The first-order valence-corrected chi connectivity index (χ1v) is 14.2. The van der Waals surface area contributed by atoms with Gasteiger partial charge in [0.2, 0.25) is 11.8 Å². The van der Waals surface area contributed by atoms with Crippen molar-refractivity contribution in [2.45, 2.75) is 32.4 Å². The molecule has 3 aliphatic heterocycles. The molecule has 0 spiro atoms. The van der Waals surface area contributed by atoms with Crippen molar-refractivity contribution in [1.29, 1.82) is 0 Å². The molecule has 9 heteroatoms. The van der Waals surface area contributed by atoms with Gasteiger partial charge in [0.05, 0.1) is 19.8 Å². The number of ketones is 1. The van der Waals surface area contributed by atoms with Crippen LogP contribution in [0.5, 0.6) is 5.75 Å². The highest BCUT2D eigenvalue weighted by molar-refractivity contribution is 6.00. The molecule has 210 valence electrons. The quantitative estimate of drug-likeness (QED) is 0.406. The summed E-state index contributed by atoms with van der Waals surface area (Å²) in [5, 5.41) is 0.947. The Morgan fingerprint density at radius 2 is 1.82 bits per heavy atom. The van der Waals surface area contributed by atoms with E-state index < -0.39 is 6.04 Å². The van der Waals surface area contributed by atoms with Crippen molar-refractivity contribution >= 4 is 28.5 Å². The van der Waals surface area contributed by atoms with Gasteiger partial charge in [0.25, 0.3) is 0 Å². The summed E-state index contributed by atoms with van der Waals surface area (Å²) in [6.07, 6.45) is 1.15. The summed E-state index contributed by atoms with van der Waals surface area (Å²) in [5.41, 5.74) is 4.78. The van der Waals surface area contributed by atoms with Crippen LogP contribution in [0.15, 0.2) is 42.5 Å². The lowest BCUT2D eigenvalue weighted by atomic mass is 9.92. The minimum absolute atomic E-state index is 0.0206. The molecule has 2 aromatic carbocycles. The average molecular weight is 545 g/mol. The van der Waals surface area contributed by atoms with Gasteiger partial charge < -0.3 is 23.8 Å². The molecule has 1 aromatic heterocycles. The van der Waals surface area contributed by atoms with Crippen molar-refractivity contribution in [1.82, 2.24) is 19.3 Å². The fourth-order valence-electron chi connectivity index (χ4n) is 6.17. The number of Topliss-reactive ketones (excluding diaryl/α,β-unsaturated/α-hetero) is 1. The maximum absolute atomic E-state index is 13.5. The Kier molecular flexibility index (Phi) is 7.33. The lowest BCUT2D eigenvalue weighted by molar-refractivity contribution is -0.155. The molecular weight excluding hydrogens is 508 g/mol. The van der Waals surface area contributed by atoms with Crippen molar-refractivity contribution in [3.05, 3.63) is 64.8 Å². The number of likely N-dealkylation sites (N-methyl/N-ethyl adjacent to an activating group) is 1. The van der Waals surface area contributed by atoms with Crippen molar-refractivity contribution < 1.29 is 23.9 Å². The van der Waals surface area contributed by atoms with E-state index in [1.807, 2.05) is 43.3 Å². The summed E-state index contributed by atoms with van der Waals surface area (Å²) in [6.45, 7) is 7.81. The van der Waals surface area contributed by atoms with Crippen LogP contribution in [-0.2, 0) is 27.3 Å². The van der Waals surface area contributed by atoms with Crippen LogP contribution in [-0.4, -0.2) is 96.5 Å². The lowest BCUT2D eigenvalue weighted by Gasteiger charge is -2.42. The first kappa shape index (κ1) is 26.5. The number of hydrogen-bond donors (Lipinski definition) is 0. The second kappa shape index (κ2) is 11.1. The molecule has 1 unspecified atom stereocenters. The predicted octanol–water partition coefficient (Wildman–Crippen LogP) is 2.89. The lowest BCUT2D eigenvalue weighted by Crippen LogP contribution is -2.56. The van der Waals surface area contributed by atoms with Crippen LogP contribution in [0.2, 0.25) is 0 Å². The van der Waals surface area contributed by atoms with Gasteiger partial charge in [0.1, 0.15) is 18.4 Å². The molecule has 40 heavy (non-hydrogen) atoms. The minimum atomic E-state index is -0.632. The van der Waals surface area contributed by atoms with Gasteiger partial charge in [-0.15, -0.1) is 0 Å². The number of aromatic nitrogens is 1. The SMILES string of the molecule is CCC(=O)c1ccc(Cn2c3c(c4cc(OCCN5CCOCC5)ccc42)C2C(=O)N(C)CC(=O)N2CC3)cc1. The zero-order chi connectivity index (χ0) is 27.8. The fraction of sp³-hybridized carbons (Fsp3) is 0.452. The van der Waals surface area contributed by atoms with Gasteiger partial charge in [-0.05, 0) is 23.8 Å². The average Bonchev–Trinajstić information content (AvgIpc) is 3.29. The smallest absolute Gasteiger partial charge is 0.250 e. The Morgan fingerprint density at radius 1 is 1.05 bits per heavy atom. The monoisotopic (exact) mass is 544 g/mol. The normalized spacial score (nSPS) is 19.6. The number of fused-ring (bicyclic) bond motifs is 5. The summed E-state index contributed by atoms with van der Waals surface area (Å²) in [6, 6.07) is 13.2. The molecule has 0 N–H and O–H groups in total. The van der Waals surface area contributed by atoms with Gasteiger partial charge in [0.15, 0.2) is 5.78 Å². The first-order valence-electron chi connectivity index (χ1n) is 14.2. The van der Waals surface area contributed by atoms with Crippen LogP contribution in [0.1, 0.15) is 46.6 Å². The largest absolute Gasteiger partial charge is 0.492 e. The van der Waals surface area contributed by atoms with Crippen LogP contribution in [0.3, 0.4) is 0 Å². The van der Waals surface area contributed by atoms with Gasteiger partial charge in [-0.3, -0.25) is 19.3 Å². The fourth-order valence-corrected chi connectivity index (χ4v) is 6.17. The van der Waals surface area contributed by atoms with Crippen LogP contribution in [0.4, 0.5) is 0 Å². The molecule has 3 aliphatic rings. The van der Waals surface area contributed by atoms with E-state index in [2.05, 4.69) is 15.5 Å². The van der Waals surface area contributed by atoms with Gasteiger partial charge >= 0.3 is 0 Å². The van der Waals surface area contributed by atoms with E-state index >= 15 is 0 Å². The highest BCUT2D eigenvalue weighted by atomic mass is 16.5. The van der Waals surface area contributed by atoms with Crippen molar-refractivity contribution in [3.8, 4) is 5.75 Å². The molecule has 0 aliphatic carbocycles. The van der Waals surface area contributed by atoms with Crippen molar-refractivity contribution in [2.75, 3.05) is 59.6 Å². The summed E-state index contributed by atoms with van der Waals surface area (Å²) < 4.78 is 13.9. The number of piperazine rings is 1. The van der Waals surface area contributed by atoms with Crippen LogP contribution in [0.25, 0.3) is 10.9 Å². The molecule has 2 saturated heterocycles. The third-order valence-corrected chi connectivity index (χ3v) is 8.38. The van der Waals surface area contributed by atoms with E-state index in [0.717, 1.165) is 71.9 Å². The zero-order valence-corrected chi connectivity index (χ0v) is 23.2. The predicted molar refractivity (Wildman–Crippen MR) is 151 cm³/mol. The van der Waals surface area contributed by atoms with E-state index in [1.54, 1.807) is 11.9 Å². The Labute approximate surface area is 234 Å². The minimum Gasteiger partial charge on any atom is -0.492 e. The van der Waals surface area contributed by atoms with E-state index in [9.17, 15) is 14.4 Å². The third kappa shape index (κ3) is 4.88. The number of carbonyl (C=O) groups is 3. The Bertz CT molecular complexity index is 1440. The van der Waals surface area contributed by atoms with Gasteiger partial charge in [-0.25, -0.2) is 0 Å². The number of amides is 2. The van der Waals surface area contributed by atoms with E-state index in [1.165, 1.54) is 4.90 Å². The molecule has 3 aromatic rings. The zero-order valence-electron chi connectivity index (χ0n) is 23.2. The molecule has 1 atom stereocenters. The number of rotatable bonds is 8. The summed E-state index contributed by atoms with van der Waals surface area (Å²) in [7, 11) is 1.70. The van der Waals surface area contributed by atoms with Crippen LogP contribution < -0.4 is 4.74 Å². The van der Waals surface area contributed by atoms with E-state index in [4.69, 9.17) is 9.47 Å². The number of nitrogens with zero attached hydrogens (tertiary/aromatic N) is 4. The maximum atomic E-state index is 13.5. The molecule has 4 heterocycles. The van der Waals surface area contributed by atoms with Crippen molar-refractivity contribution in [3.63, 3.8) is 0 Å². The second-order valence-electron chi connectivity index (χ2n) is 10.8. The third-order valence-electron chi connectivity index (χ3n) is 8.38. The summed E-state index contributed by atoms with van der Waals surface area (Å²) in [4.78, 5) is 44.2. The van der Waals surface area contributed by atoms with Crippen molar-refractivity contribution in [2.24, 2.45) is 0 Å². The first-order chi connectivity index (χ1) is 19.4. The summed E-state index contributed by atoms with van der Waals surface area (Å²) in [5.74, 6) is 0.804. The maximum Gasteiger partial charge on any atom is 0.250 e. The number of hydrogen-bond acceptors (Lipinski definition) is 6. The molecule has 6 rings (SSSR count). The van der Waals surface area contributed by atoms with Gasteiger partial charge in [0, 0.05) is 80.3 Å². The Hall–Kier alpha value is -3.69. The number of ether oxygens (including phenoxy) is 2. The van der Waals surface area contributed by atoms with Gasteiger partial charge in [-0.2, -0.15) is 0 Å². The van der Waals surface area contributed by atoms with Crippen LogP contribution >= 0.6 is 0 Å². The Balaban J connectivity index is 1.36. The second-order valence-corrected chi connectivity index (χ2v) is 10.8. The van der Waals surface area contributed by atoms with E-state index in [0.29, 0.717) is 32.5 Å². The summed E-state index contributed by atoms with van der Waals surface area (Å²) >= 11 is 0. The number of carbonyl (C=O) groups excluding carboxylic acids is 3. The van der Waals surface area contributed by atoms with Crippen LogP contribution in [0, 0.1) is 0 Å². The number of benzene rings is 2. The molecule has 0 radical (unpaired) electrons. The highest BCUT2D eigenvalue weighted by Crippen LogP contribution is 2.41. The topological polar surface area (TPSA) is 84.3 Å². The standard InChI is InChI=1S/C31H36N4O5/c1-3-27(36)22-6-4-21(5-7-22)19-35-25-9-8-23(40-17-14-33-12-15-39-16-13-33)18-24(25)29-26(35)10-11-34-28(37)20-32(2)31(38)30(29)34/h4-9,18,30H,3,10-17,19-20H2,1-2H3. The molecular formula is C31H36N4O5. The Morgan fingerprint density at radius 3 is 2.58 bits per heavy atom. The molecule has 2 fully saturated rings. The van der Waals surface area contributed by atoms with E-state index in [-0.39, 0.29) is 24.1 Å². The van der Waals surface area contributed by atoms with Gasteiger partial charge in [-0.1, -0.05) is 31.2 Å².